The van der Waals surface area contributed by atoms with Crippen LogP contribution in [0.25, 0.3) is 11.0 Å². The molecule has 1 aliphatic rings. The van der Waals surface area contributed by atoms with Crippen molar-refractivity contribution in [3.8, 4) is 5.75 Å². The van der Waals surface area contributed by atoms with Gasteiger partial charge in [-0.1, -0.05) is 11.8 Å². The molecule has 0 spiro atoms. The van der Waals surface area contributed by atoms with Gasteiger partial charge in [0.15, 0.2) is 5.82 Å². The second kappa shape index (κ2) is 7.62. The maximum absolute atomic E-state index is 10.6. The molecule has 0 saturated carbocycles. The number of anilines is 1. The van der Waals surface area contributed by atoms with Crippen LogP contribution >= 0.6 is 11.8 Å². The maximum atomic E-state index is 10.6. The molecule has 1 aliphatic heterocycles. The number of fused-ring (bicyclic) bond motifs is 2. The number of benzene rings is 1. The molecule has 1 aromatic carbocycles. The van der Waals surface area contributed by atoms with Gasteiger partial charge < -0.3 is 25.5 Å². The van der Waals surface area contributed by atoms with Gasteiger partial charge in [0.2, 0.25) is 0 Å². The average Bonchev–Trinajstić information content (AvgIpc) is 3.08. The molecule has 0 atom stereocenters. The lowest BCUT2D eigenvalue weighted by molar-refractivity contribution is 0.129. The van der Waals surface area contributed by atoms with E-state index in [1.54, 1.807) is 0 Å². The summed E-state index contributed by atoms with van der Waals surface area (Å²) in [4.78, 5) is 16.3. The molecule has 0 unspecified atom stereocenters. The highest BCUT2D eigenvalue weighted by Gasteiger charge is 2.20. The van der Waals surface area contributed by atoms with Crippen LogP contribution in [0.2, 0.25) is 0 Å². The van der Waals surface area contributed by atoms with Crippen LogP contribution in [-0.4, -0.2) is 45.2 Å². The number of imidazole rings is 1. The second-order valence-corrected chi connectivity index (χ2v) is 8.19. The van der Waals surface area contributed by atoms with Crippen molar-refractivity contribution in [1.82, 2.24) is 19.9 Å². The van der Waals surface area contributed by atoms with E-state index in [4.69, 9.17) is 10.5 Å². The summed E-state index contributed by atoms with van der Waals surface area (Å²) in [5.41, 5.74) is 10.9. The van der Waals surface area contributed by atoms with Gasteiger partial charge >= 0.3 is 0 Å². The number of pyridine rings is 1. The van der Waals surface area contributed by atoms with E-state index in [0.717, 1.165) is 46.3 Å². The highest BCUT2D eigenvalue weighted by molar-refractivity contribution is 7.99. The van der Waals surface area contributed by atoms with Gasteiger partial charge in [-0.2, -0.15) is 0 Å². The van der Waals surface area contributed by atoms with Crippen molar-refractivity contribution in [1.29, 1.82) is 0 Å². The molecule has 0 bridgehead atoms. The predicted octanol–water partition coefficient (Wildman–Crippen LogP) is 3.23. The number of nitrogens with one attached hydrogen (secondary N) is 1. The first-order chi connectivity index (χ1) is 13.5. The molecule has 4 N–H and O–H groups in total. The summed E-state index contributed by atoms with van der Waals surface area (Å²) in [5.74, 6) is 1.40. The van der Waals surface area contributed by atoms with Crippen molar-refractivity contribution in [3.63, 3.8) is 0 Å². The number of likely N-dealkylation sites (N-methyl/N-ethyl adjacent to an activating group) is 1. The molecule has 3 aromatic rings. The number of phenolic OH excluding ortho intramolecular Hbond substituents is 1. The Morgan fingerprint density at radius 2 is 2.14 bits per heavy atom. The van der Waals surface area contributed by atoms with Crippen molar-refractivity contribution in [2.75, 3.05) is 25.9 Å². The van der Waals surface area contributed by atoms with Crippen molar-refractivity contribution in [2.45, 2.75) is 43.2 Å². The van der Waals surface area contributed by atoms with Crippen LogP contribution in [0.3, 0.4) is 0 Å². The third-order valence-corrected chi connectivity index (χ3v) is 6.23. The number of nitrogens with two attached hydrogens (primary N) is 1. The van der Waals surface area contributed by atoms with Gasteiger partial charge in [-0.05, 0) is 50.6 Å². The highest BCUT2D eigenvalue weighted by Crippen LogP contribution is 2.41. The van der Waals surface area contributed by atoms with E-state index < -0.39 is 0 Å². The Bertz CT molecular complexity index is 1030. The monoisotopic (exact) mass is 399 g/mol. The standard InChI is InChI=1S/C20H25N5O2S/c1-4-27-10-16-23-17-18(24-16)20(21)22-11(2)19(17)28-15-8-12-5-6-25(3)9-13(12)7-14(15)26/h7-8,26H,4-6,9-10H2,1-3H3,(H2,21,22)(H,23,24). The fourth-order valence-corrected chi connectivity index (χ4v) is 4.56. The maximum Gasteiger partial charge on any atom is 0.151 e. The Labute approximate surface area is 168 Å². The Hall–Kier alpha value is -2.29. The average molecular weight is 400 g/mol. The van der Waals surface area contributed by atoms with E-state index in [2.05, 4.69) is 33.0 Å². The van der Waals surface area contributed by atoms with E-state index in [1.807, 2.05) is 19.9 Å². The lowest BCUT2D eigenvalue weighted by Gasteiger charge is -2.25. The van der Waals surface area contributed by atoms with E-state index in [0.29, 0.717) is 24.5 Å². The predicted molar refractivity (Wildman–Crippen MR) is 111 cm³/mol. The summed E-state index contributed by atoms with van der Waals surface area (Å²) >= 11 is 1.50. The van der Waals surface area contributed by atoms with Crippen LogP contribution in [0, 0.1) is 6.92 Å². The van der Waals surface area contributed by atoms with Crippen molar-refractivity contribution in [3.05, 3.63) is 34.8 Å². The molecule has 0 aliphatic carbocycles. The molecule has 0 saturated heterocycles. The van der Waals surface area contributed by atoms with Crippen molar-refractivity contribution in [2.24, 2.45) is 0 Å². The summed E-state index contributed by atoms with van der Waals surface area (Å²) in [6.07, 6.45) is 0.983. The SMILES string of the molecule is CCOCc1nc2c(N)nc(C)c(Sc3cc4c(cc3O)CN(C)CC4)c2[nH]1. The van der Waals surface area contributed by atoms with E-state index in [1.165, 1.54) is 22.9 Å². The van der Waals surface area contributed by atoms with E-state index in [-0.39, 0.29) is 5.75 Å². The summed E-state index contributed by atoms with van der Waals surface area (Å²) < 4.78 is 5.46. The van der Waals surface area contributed by atoms with Gasteiger partial charge in [-0.3, -0.25) is 0 Å². The van der Waals surface area contributed by atoms with E-state index in [9.17, 15) is 5.11 Å². The van der Waals surface area contributed by atoms with Gasteiger partial charge in [-0.25, -0.2) is 9.97 Å². The minimum atomic E-state index is 0.289. The number of nitrogen functional groups attached to an aromatic ring is 1. The zero-order valence-electron chi connectivity index (χ0n) is 16.4. The molecule has 4 rings (SSSR count). The minimum absolute atomic E-state index is 0.289. The first kappa shape index (κ1) is 19.0. The van der Waals surface area contributed by atoms with Crippen LogP contribution in [0.5, 0.6) is 5.75 Å². The van der Waals surface area contributed by atoms with Crippen LogP contribution in [0.1, 0.15) is 29.6 Å². The van der Waals surface area contributed by atoms with E-state index >= 15 is 0 Å². The molecule has 0 amide bonds. The zero-order valence-corrected chi connectivity index (χ0v) is 17.2. The number of aromatic amines is 1. The number of nitrogens with zero attached hydrogens (tertiary/aromatic N) is 3. The van der Waals surface area contributed by atoms with Crippen LogP contribution in [-0.2, 0) is 24.3 Å². The highest BCUT2D eigenvalue weighted by atomic mass is 32.2. The number of ether oxygens (including phenoxy) is 1. The molecular formula is C20H25N5O2S. The van der Waals surface area contributed by atoms with Gasteiger partial charge in [0.05, 0.1) is 21.0 Å². The van der Waals surface area contributed by atoms with Crippen LogP contribution < -0.4 is 5.73 Å². The number of H-pyrrole nitrogens is 1. The van der Waals surface area contributed by atoms with Crippen LogP contribution in [0.15, 0.2) is 21.9 Å². The summed E-state index contributed by atoms with van der Waals surface area (Å²) in [5, 5.41) is 10.6. The molecule has 0 fully saturated rings. The zero-order chi connectivity index (χ0) is 19.8. The summed E-state index contributed by atoms with van der Waals surface area (Å²) in [6.45, 7) is 6.76. The molecule has 28 heavy (non-hydrogen) atoms. The quantitative estimate of drug-likeness (QED) is 0.605. The van der Waals surface area contributed by atoms with Gasteiger partial charge in [0.25, 0.3) is 0 Å². The third kappa shape index (κ3) is 3.55. The Balaban J connectivity index is 1.74. The smallest absolute Gasteiger partial charge is 0.151 e. The molecule has 148 valence electrons. The lowest BCUT2D eigenvalue weighted by Crippen LogP contribution is -2.26. The largest absolute Gasteiger partial charge is 0.507 e. The Morgan fingerprint density at radius 3 is 2.93 bits per heavy atom. The number of aromatic hydroxyl groups is 1. The van der Waals surface area contributed by atoms with Crippen LogP contribution in [0.4, 0.5) is 5.82 Å². The Kier molecular flexibility index (Phi) is 5.18. The third-order valence-electron chi connectivity index (χ3n) is 4.98. The molecule has 0 radical (unpaired) electrons. The van der Waals surface area contributed by atoms with Crippen molar-refractivity contribution < 1.29 is 9.84 Å². The fourth-order valence-electron chi connectivity index (χ4n) is 3.54. The first-order valence-corrected chi connectivity index (χ1v) is 10.2. The van der Waals surface area contributed by atoms with Gasteiger partial charge in [-0.15, -0.1) is 0 Å². The van der Waals surface area contributed by atoms with Crippen molar-refractivity contribution >= 4 is 28.6 Å². The number of phenols is 1. The Morgan fingerprint density at radius 1 is 1.32 bits per heavy atom. The number of aryl methyl sites for hydroxylation is 1. The van der Waals surface area contributed by atoms with Gasteiger partial charge in [0.1, 0.15) is 23.7 Å². The topological polar surface area (TPSA) is 100 Å². The molecule has 8 heteroatoms. The molecule has 3 heterocycles. The molecule has 2 aromatic heterocycles. The number of rotatable bonds is 5. The fraction of sp³-hybridized carbons (Fsp3) is 0.400. The number of hydrogen-bond donors (Lipinski definition) is 3. The molecular weight excluding hydrogens is 374 g/mol. The minimum Gasteiger partial charge on any atom is -0.507 e. The van der Waals surface area contributed by atoms with Gasteiger partial charge in [0, 0.05) is 19.7 Å². The molecule has 7 nitrogen and oxygen atoms in total. The number of aromatic nitrogens is 3. The lowest BCUT2D eigenvalue weighted by atomic mass is 10.00. The summed E-state index contributed by atoms with van der Waals surface area (Å²) in [6, 6.07) is 3.99. The number of hydrogen-bond acceptors (Lipinski definition) is 7. The normalized spacial score (nSPS) is 14.5. The second-order valence-electron chi connectivity index (χ2n) is 7.13. The summed E-state index contributed by atoms with van der Waals surface area (Å²) in [7, 11) is 2.10. The first-order valence-electron chi connectivity index (χ1n) is 9.39.